The molecular formula is C18H19ClFNO. The number of carbonyl (C=O) groups is 1. The molecule has 0 radical (unpaired) electrons. The molecule has 4 heteroatoms. The summed E-state index contributed by atoms with van der Waals surface area (Å²) in [6.07, 6.45) is 0. The van der Waals surface area contributed by atoms with E-state index in [0.29, 0.717) is 16.3 Å². The van der Waals surface area contributed by atoms with Gasteiger partial charge in [-0.3, -0.25) is 4.79 Å². The van der Waals surface area contributed by atoms with Crippen LogP contribution in [0, 0.1) is 18.7 Å². The highest BCUT2D eigenvalue weighted by atomic mass is 35.5. The Labute approximate surface area is 135 Å². The molecule has 0 unspecified atom stereocenters. The van der Waals surface area contributed by atoms with Crippen molar-refractivity contribution in [2.24, 2.45) is 5.92 Å². The summed E-state index contributed by atoms with van der Waals surface area (Å²) in [5.41, 5.74) is 1.91. The zero-order chi connectivity index (χ0) is 16.3. The quantitative estimate of drug-likeness (QED) is 0.828. The van der Waals surface area contributed by atoms with Gasteiger partial charge < -0.3 is 5.32 Å². The lowest BCUT2D eigenvalue weighted by Gasteiger charge is -2.21. The number of amides is 1. The smallest absolute Gasteiger partial charge is 0.232 e. The molecule has 22 heavy (non-hydrogen) atoms. The minimum Gasteiger partial charge on any atom is -0.325 e. The summed E-state index contributed by atoms with van der Waals surface area (Å²) in [5, 5.41) is 3.42. The lowest BCUT2D eigenvalue weighted by Crippen LogP contribution is -2.25. The SMILES string of the molecule is Cc1ccc(NC(=O)[C@H](c2ccc(Cl)cc2)C(C)C)cc1F. The van der Waals surface area contributed by atoms with Crippen LogP contribution in [0.5, 0.6) is 0 Å². The van der Waals surface area contributed by atoms with E-state index in [1.807, 2.05) is 26.0 Å². The summed E-state index contributed by atoms with van der Waals surface area (Å²) in [4.78, 5) is 12.6. The van der Waals surface area contributed by atoms with Crippen LogP contribution in [0.3, 0.4) is 0 Å². The zero-order valence-corrected chi connectivity index (χ0v) is 13.6. The molecule has 0 aliphatic rings. The molecule has 0 saturated carbocycles. The first kappa shape index (κ1) is 16.5. The van der Waals surface area contributed by atoms with Crippen molar-refractivity contribution in [1.29, 1.82) is 0 Å². The Balaban J connectivity index is 2.23. The number of rotatable bonds is 4. The van der Waals surface area contributed by atoms with Crippen molar-refractivity contribution in [1.82, 2.24) is 0 Å². The largest absolute Gasteiger partial charge is 0.325 e. The van der Waals surface area contributed by atoms with E-state index < -0.39 is 0 Å². The number of aryl methyl sites for hydroxylation is 1. The first-order valence-electron chi connectivity index (χ1n) is 7.21. The average molecular weight is 320 g/mol. The number of hydrogen-bond acceptors (Lipinski definition) is 1. The van der Waals surface area contributed by atoms with Crippen molar-refractivity contribution >= 4 is 23.2 Å². The highest BCUT2D eigenvalue weighted by Crippen LogP contribution is 2.27. The minimum absolute atomic E-state index is 0.108. The highest BCUT2D eigenvalue weighted by Gasteiger charge is 2.24. The van der Waals surface area contributed by atoms with Gasteiger partial charge in [0.25, 0.3) is 0 Å². The highest BCUT2D eigenvalue weighted by molar-refractivity contribution is 6.30. The lowest BCUT2D eigenvalue weighted by atomic mass is 9.87. The molecule has 2 aromatic carbocycles. The van der Waals surface area contributed by atoms with Crippen LogP contribution in [0.25, 0.3) is 0 Å². The van der Waals surface area contributed by atoms with Gasteiger partial charge >= 0.3 is 0 Å². The Hall–Kier alpha value is -1.87. The van der Waals surface area contributed by atoms with Gasteiger partial charge in [0.05, 0.1) is 5.92 Å². The van der Waals surface area contributed by atoms with Gasteiger partial charge in [0.2, 0.25) is 5.91 Å². The topological polar surface area (TPSA) is 29.1 Å². The van der Waals surface area contributed by atoms with E-state index in [0.717, 1.165) is 5.56 Å². The van der Waals surface area contributed by atoms with Crippen LogP contribution in [-0.4, -0.2) is 5.91 Å². The predicted molar refractivity (Wildman–Crippen MR) is 88.8 cm³/mol. The maximum Gasteiger partial charge on any atom is 0.232 e. The minimum atomic E-state index is -0.328. The second kappa shape index (κ2) is 6.93. The molecule has 1 N–H and O–H groups in total. The van der Waals surface area contributed by atoms with E-state index in [2.05, 4.69) is 5.32 Å². The summed E-state index contributed by atoms with van der Waals surface area (Å²) >= 11 is 5.90. The van der Waals surface area contributed by atoms with Crippen molar-refractivity contribution in [3.8, 4) is 0 Å². The zero-order valence-electron chi connectivity index (χ0n) is 12.9. The first-order valence-corrected chi connectivity index (χ1v) is 7.58. The van der Waals surface area contributed by atoms with Crippen LogP contribution >= 0.6 is 11.6 Å². The average Bonchev–Trinajstić information content (AvgIpc) is 2.45. The van der Waals surface area contributed by atoms with E-state index in [-0.39, 0.29) is 23.6 Å². The molecule has 0 aromatic heterocycles. The Morgan fingerprint density at radius 3 is 2.32 bits per heavy atom. The van der Waals surface area contributed by atoms with Crippen LogP contribution in [0.15, 0.2) is 42.5 Å². The van der Waals surface area contributed by atoms with Crippen LogP contribution in [-0.2, 0) is 4.79 Å². The van der Waals surface area contributed by atoms with Crippen LogP contribution in [0.4, 0.5) is 10.1 Å². The van der Waals surface area contributed by atoms with Gasteiger partial charge in [-0.2, -0.15) is 0 Å². The van der Waals surface area contributed by atoms with Crippen molar-refractivity contribution in [3.63, 3.8) is 0 Å². The van der Waals surface area contributed by atoms with Crippen molar-refractivity contribution in [3.05, 3.63) is 64.4 Å². The number of hydrogen-bond donors (Lipinski definition) is 1. The Bertz CT molecular complexity index is 667. The second-order valence-electron chi connectivity index (χ2n) is 5.73. The summed E-state index contributed by atoms with van der Waals surface area (Å²) in [7, 11) is 0. The van der Waals surface area contributed by atoms with Crippen LogP contribution in [0.2, 0.25) is 5.02 Å². The summed E-state index contributed by atoms with van der Waals surface area (Å²) in [6, 6.07) is 11.9. The van der Waals surface area contributed by atoms with Gasteiger partial charge in [-0.15, -0.1) is 0 Å². The molecule has 0 bridgehead atoms. The summed E-state index contributed by atoms with van der Waals surface area (Å²) < 4.78 is 13.6. The van der Waals surface area contributed by atoms with Gasteiger partial charge in [-0.1, -0.05) is 43.6 Å². The molecule has 0 aliphatic carbocycles. The van der Waals surface area contributed by atoms with Crippen molar-refractivity contribution < 1.29 is 9.18 Å². The first-order chi connectivity index (χ1) is 10.4. The predicted octanol–water partition coefficient (Wildman–Crippen LogP) is 5.17. The maximum atomic E-state index is 13.6. The van der Waals surface area contributed by atoms with Crippen LogP contribution < -0.4 is 5.32 Å². The third-order valence-electron chi connectivity index (χ3n) is 3.62. The van der Waals surface area contributed by atoms with E-state index >= 15 is 0 Å². The molecule has 0 heterocycles. The number of benzene rings is 2. The molecule has 1 amide bonds. The monoisotopic (exact) mass is 319 g/mol. The number of nitrogens with one attached hydrogen (secondary N) is 1. The molecular weight excluding hydrogens is 301 g/mol. The fourth-order valence-corrected chi connectivity index (χ4v) is 2.53. The van der Waals surface area contributed by atoms with E-state index in [4.69, 9.17) is 11.6 Å². The van der Waals surface area contributed by atoms with Crippen molar-refractivity contribution in [2.75, 3.05) is 5.32 Å². The van der Waals surface area contributed by atoms with Gasteiger partial charge in [0.1, 0.15) is 5.82 Å². The van der Waals surface area contributed by atoms with E-state index in [1.165, 1.54) is 6.07 Å². The van der Waals surface area contributed by atoms with Crippen molar-refractivity contribution in [2.45, 2.75) is 26.7 Å². The normalized spacial score (nSPS) is 12.3. The summed E-state index contributed by atoms with van der Waals surface area (Å²) in [6.45, 7) is 5.65. The van der Waals surface area contributed by atoms with Crippen LogP contribution in [0.1, 0.15) is 30.9 Å². The molecule has 0 saturated heterocycles. The van der Waals surface area contributed by atoms with Gasteiger partial charge in [-0.25, -0.2) is 4.39 Å². The molecule has 0 fully saturated rings. The fourth-order valence-electron chi connectivity index (χ4n) is 2.40. The lowest BCUT2D eigenvalue weighted by molar-refractivity contribution is -0.118. The fraction of sp³-hybridized carbons (Fsp3) is 0.278. The van der Waals surface area contributed by atoms with Gasteiger partial charge in [0.15, 0.2) is 0 Å². The Kier molecular flexibility index (Phi) is 5.19. The number of anilines is 1. The third kappa shape index (κ3) is 3.86. The molecule has 0 aliphatic heterocycles. The van der Waals surface area contributed by atoms with Gasteiger partial charge in [-0.05, 0) is 48.2 Å². The van der Waals surface area contributed by atoms with E-state index in [9.17, 15) is 9.18 Å². The Morgan fingerprint density at radius 1 is 1.14 bits per heavy atom. The third-order valence-corrected chi connectivity index (χ3v) is 3.87. The Morgan fingerprint density at radius 2 is 1.77 bits per heavy atom. The number of carbonyl (C=O) groups excluding carboxylic acids is 1. The standard InChI is InChI=1S/C18H19ClFNO/c1-11(2)17(13-5-7-14(19)8-6-13)18(22)21-15-9-4-12(3)16(20)10-15/h4-11,17H,1-3H3,(H,21,22)/t17-/m0/s1. The summed E-state index contributed by atoms with van der Waals surface area (Å²) in [5.74, 6) is -0.691. The second-order valence-corrected chi connectivity index (χ2v) is 6.16. The molecule has 2 nitrogen and oxygen atoms in total. The van der Waals surface area contributed by atoms with E-state index in [1.54, 1.807) is 31.2 Å². The molecule has 116 valence electrons. The molecule has 2 rings (SSSR count). The molecule has 1 atom stereocenters. The molecule has 2 aromatic rings. The number of halogens is 2. The maximum absolute atomic E-state index is 13.6. The molecule has 0 spiro atoms. The van der Waals surface area contributed by atoms with Gasteiger partial charge in [0, 0.05) is 10.7 Å².